The molecular weight excluding hydrogens is 254 g/mol. The Bertz CT molecular complexity index is 728. The molecule has 0 aliphatic carbocycles. The summed E-state index contributed by atoms with van der Waals surface area (Å²) in [7, 11) is 1.59. The van der Waals surface area contributed by atoms with Gasteiger partial charge < -0.3 is 14.8 Å². The molecule has 5 heteroatoms. The summed E-state index contributed by atoms with van der Waals surface area (Å²) in [5.74, 6) is 0.472. The van der Waals surface area contributed by atoms with Gasteiger partial charge in [-0.3, -0.25) is 4.79 Å². The fourth-order valence-electron chi connectivity index (χ4n) is 2.06. The number of nitrogens with one attached hydrogen (secondary N) is 2. The van der Waals surface area contributed by atoms with Gasteiger partial charge in [0.05, 0.1) is 6.20 Å². The molecule has 3 rings (SSSR count). The van der Waals surface area contributed by atoms with Crippen molar-refractivity contribution in [2.45, 2.75) is 0 Å². The van der Waals surface area contributed by atoms with Crippen molar-refractivity contribution >= 4 is 5.91 Å². The SMILES string of the molecule is CNC(=O)c1cc(-c2oncc2-c2ccccc2)c[nH]1. The molecule has 0 saturated carbocycles. The van der Waals surface area contributed by atoms with Crippen LogP contribution in [-0.2, 0) is 0 Å². The van der Waals surface area contributed by atoms with E-state index >= 15 is 0 Å². The van der Waals surface area contributed by atoms with Gasteiger partial charge in [-0.25, -0.2) is 0 Å². The van der Waals surface area contributed by atoms with Crippen molar-refractivity contribution in [3.8, 4) is 22.5 Å². The Kier molecular flexibility index (Phi) is 3.09. The van der Waals surface area contributed by atoms with Gasteiger partial charge in [-0.15, -0.1) is 0 Å². The molecule has 20 heavy (non-hydrogen) atoms. The molecule has 0 aliphatic heterocycles. The first-order valence-corrected chi connectivity index (χ1v) is 6.20. The summed E-state index contributed by atoms with van der Waals surface area (Å²) in [6.45, 7) is 0. The van der Waals surface area contributed by atoms with Crippen LogP contribution in [0.1, 0.15) is 10.5 Å². The molecule has 1 amide bonds. The Morgan fingerprint density at radius 3 is 2.80 bits per heavy atom. The Hall–Kier alpha value is -2.82. The van der Waals surface area contributed by atoms with Gasteiger partial charge in [-0.05, 0) is 11.6 Å². The Morgan fingerprint density at radius 1 is 1.25 bits per heavy atom. The first-order chi connectivity index (χ1) is 9.79. The minimum atomic E-state index is -0.169. The Balaban J connectivity index is 2.02. The third-order valence-electron chi connectivity index (χ3n) is 3.07. The van der Waals surface area contributed by atoms with E-state index in [9.17, 15) is 4.79 Å². The summed E-state index contributed by atoms with van der Waals surface area (Å²) in [5.41, 5.74) is 3.19. The number of aromatic amines is 1. The number of H-pyrrole nitrogens is 1. The van der Waals surface area contributed by atoms with Crippen LogP contribution in [0.4, 0.5) is 0 Å². The number of carbonyl (C=O) groups excluding carboxylic acids is 1. The molecule has 0 spiro atoms. The lowest BCUT2D eigenvalue weighted by Gasteiger charge is -1.98. The lowest BCUT2D eigenvalue weighted by atomic mass is 10.0. The smallest absolute Gasteiger partial charge is 0.267 e. The normalized spacial score (nSPS) is 10.4. The van der Waals surface area contributed by atoms with Crippen molar-refractivity contribution in [1.82, 2.24) is 15.5 Å². The van der Waals surface area contributed by atoms with E-state index in [1.165, 1.54) is 0 Å². The maximum atomic E-state index is 11.6. The fraction of sp³-hybridized carbons (Fsp3) is 0.0667. The zero-order valence-corrected chi connectivity index (χ0v) is 10.9. The molecule has 2 heterocycles. The lowest BCUT2D eigenvalue weighted by molar-refractivity contribution is 0.0959. The van der Waals surface area contributed by atoms with Crippen molar-refractivity contribution < 1.29 is 9.32 Å². The second-order valence-electron chi connectivity index (χ2n) is 4.32. The molecule has 0 saturated heterocycles. The first-order valence-electron chi connectivity index (χ1n) is 6.20. The van der Waals surface area contributed by atoms with Gasteiger partial charge in [0.1, 0.15) is 5.69 Å². The predicted molar refractivity (Wildman–Crippen MR) is 75.1 cm³/mol. The first kappa shape index (κ1) is 12.2. The highest BCUT2D eigenvalue weighted by molar-refractivity contribution is 5.94. The molecule has 0 atom stereocenters. The van der Waals surface area contributed by atoms with Crippen LogP contribution in [0, 0.1) is 0 Å². The molecule has 100 valence electrons. The highest BCUT2D eigenvalue weighted by Crippen LogP contribution is 2.32. The van der Waals surface area contributed by atoms with E-state index in [1.54, 1.807) is 25.5 Å². The number of benzene rings is 1. The van der Waals surface area contributed by atoms with Crippen LogP contribution in [0.25, 0.3) is 22.5 Å². The molecule has 0 unspecified atom stereocenters. The van der Waals surface area contributed by atoms with Gasteiger partial charge in [-0.2, -0.15) is 0 Å². The maximum absolute atomic E-state index is 11.6. The van der Waals surface area contributed by atoms with Crippen molar-refractivity contribution in [3.05, 3.63) is 54.5 Å². The third kappa shape index (κ3) is 2.09. The number of carbonyl (C=O) groups is 1. The van der Waals surface area contributed by atoms with Crippen LogP contribution in [0.15, 0.2) is 53.3 Å². The molecule has 5 nitrogen and oxygen atoms in total. The number of nitrogens with zero attached hydrogens (tertiary/aromatic N) is 1. The van der Waals surface area contributed by atoms with Crippen LogP contribution in [-0.4, -0.2) is 23.1 Å². The number of aromatic nitrogens is 2. The van der Waals surface area contributed by atoms with E-state index in [4.69, 9.17) is 4.52 Å². The summed E-state index contributed by atoms with van der Waals surface area (Å²) in [6, 6.07) is 11.6. The maximum Gasteiger partial charge on any atom is 0.267 e. The molecule has 1 aromatic carbocycles. The fourth-order valence-corrected chi connectivity index (χ4v) is 2.06. The predicted octanol–water partition coefficient (Wildman–Crippen LogP) is 2.70. The highest BCUT2D eigenvalue weighted by atomic mass is 16.5. The molecule has 0 radical (unpaired) electrons. The summed E-state index contributed by atoms with van der Waals surface area (Å²) in [5, 5.41) is 6.43. The van der Waals surface area contributed by atoms with Gasteiger partial charge in [0.15, 0.2) is 5.76 Å². The van der Waals surface area contributed by atoms with Gasteiger partial charge in [0.2, 0.25) is 0 Å². The van der Waals surface area contributed by atoms with E-state index in [-0.39, 0.29) is 5.91 Å². The standard InChI is InChI=1S/C15H13N3O2/c1-16-15(19)13-7-11(8-17-13)14-12(9-18-20-14)10-5-3-2-4-6-10/h2-9,17H,1H3,(H,16,19). The molecule has 0 fully saturated rings. The molecule has 0 bridgehead atoms. The largest absolute Gasteiger partial charge is 0.356 e. The van der Waals surface area contributed by atoms with Crippen molar-refractivity contribution in [2.24, 2.45) is 0 Å². The second-order valence-corrected chi connectivity index (χ2v) is 4.32. The average molecular weight is 267 g/mol. The second kappa shape index (κ2) is 5.05. The van der Waals surface area contributed by atoms with E-state index in [0.29, 0.717) is 11.5 Å². The number of hydrogen-bond acceptors (Lipinski definition) is 3. The van der Waals surface area contributed by atoms with Crippen LogP contribution in [0.3, 0.4) is 0 Å². The number of hydrogen-bond donors (Lipinski definition) is 2. The van der Waals surface area contributed by atoms with Gasteiger partial charge in [0.25, 0.3) is 5.91 Å². The minimum absolute atomic E-state index is 0.169. The summed E-state index contributed by atoms with van der Waals surface area (Å²) in [6.07, 6.45) is 3.41. The average Bonchev–Trinajstić information content (AvgIpc) is 3.15. The molecular formula is C15H13N3O2. The molecule has 3 aromatic rings. The van der Waals surface area contributed by atoms with E-state index in [1.807, 2.05) is 30.3 Å². The molecule has 0 aliphatic rings. The topological polar surface area (TPSA) is 70.9 Å². The van der Waals surface area contributed by atoms with Gasteiger partial charge in [0, 0.05) is 24.4 Å². The minimum Gasteiger partial charge on any atom is -0.356 e. The van der Waals surface area contributed by atoms with Gasteiger partial charge in [-0.1, -0.05) is 35.5 Å². The van der Waals surface area contributed by atoms with E-state index in [2.05, 4.69) is 15.5 Å². The highest BCUT2D eigenvalue weighted by Gasteiger charge is 2.15. The molecule has 2 N–H and O–H groups in total. The van der Waals surface area contributed by atoms with Crippen molar-refractivity contribution in [1.29, 1.82) is 0 Å². The Morgan fingerprint density at radius 2 is 2.05 bits per heavy atom. The zero-order valence-electron chi connectivity index (χ0n) is 10.9. The zero-order chi connectivity index (χ0) is 13.9. The van der Waals surface area contributed by atoms with Crippen LogP contribution in [0.2, 0.25) is 0 Å². The van der Waals surface area contributed by atoms with Crippen molar-refractivity contribution in [2.75, 3.05) is 7.05 Å². The van der Waals surface area contributed by atoms with Crippen LogP contribution >= 0.6 is 0 Å². The van der Waals surface area contributed by atoms with E-state index < -0.39 is 0 Å². The van der Waals surface area contributed by atoms with Crippen molar-refractivity contribution in [3.63, 3.8) is 0 Å². The summed E-state index contributed by atoms with van der Waals surface area (Å²) < 4.78 is 5.33. The summed E-state index contributed by atoms with van der Waals surface area (Å²) >= 11 is 0. The number of rotatable bonds is 3. The Labute approximate surface area is 115 Å². The molecule has 2 aromatic heterocycles. The van der Waals surface area contributed by atoms with Crippen LogP contribution in [0.5, 0.6) is 0 Å². The quantitative estimate of drug-likeness (QED) is 0.766. The number of amides is 1. The lowest BCUT2D eigenvalue weighted by Crippen LogP contribution is -2.17. The van der Waals surface area contributed by atoms with Crippen LogP contribution < -0.4 is 5.32 Å². The van der Waals surface area contributed by atoms with E-state index in [0.717, 1.165) is 16.7 Å². The third-order valence-corrected chi connectivity index (χ3v) is 3.07. The summed E-state index contributed by atoms with van der Waals surface area (Å²) in [4.78, 5) is 14.5. The monoisotopic (exact) mass is 267 g/mol. The van der Waals surface area contributed by atoms with Gasteiger partial charge >= 0.3 is 0 Å².